The summed E-state index contributed by atoms with van der Waals surface area (Å²) in [6.07, 6.45) is 3.83. The predicted molar refractivity (Wildman–Crippen MR) is 214 cm³/mol. The van der Waals surface area contributed by atoms with E-state index in [1.54, 1.807) is 0 Å². The second kappa shape index (κ2) is 38.2. The van der Waals surface area contributed by atoms with E-state index in [0.29, 0.717) is 51.4 Å². The third-order valence-electron chi connectivity index (χ3n) is 10.1. The molecule has 0 fully saturated rings. The highest BCUT2D eigenvalue weighted by Crippen LogP contribution is 2.40. The molecule has 58 heavy (non-hydrogen) atoms. The highest BCUT2D eigenvalue weighted by Gasteiger charge is 2.48. The molecule has 0 aliphatic carbocycles. The molecule has 0 aromatic heterocycles. The van der Waals surface area contributed by atoms with Crippen LogP contribution in [-0.4, -0.2) is 76.3 Å². The van der Waals surface area contributed by atoms with Crippen molar-refractivity contribution >= 4 is 0 Å². The molecule has 9 unspecified atom stereocenters. The third kappa shape index (κ3) is 23.2. The Morgan fingerprint density at radius 3 is 1.26 bits per heavy atom. The molecule has 318 valence electrons. The summed E-state index contributed by atoms with van der Waals surface area (Å²) in [6.45, 7) is 6.74. The van der Waals surface area contributed by atoms with Gasteiger partial charge in [0, 0.05) is 24.7 Å². The van der Waals surface area contributed by atoms with Crippen LogP contribution in [0.3, 0.4) is 0 Å². The Labute approximate surface area is 348 Å². The zero-order valence-electron chi connectivity index (χ0n) is 35.2. The fourth-order valence-electron chi connectivity index (χ4n) is 7.20. The fourth-order valence-corrected chi connectivity index (χ4v) is 7.20. The van der Waals surface area contributed by atoms with Crippen molar-refractivity contribution in [2.75, 3.05) is 39.6 Å². The molecule has 0 bridgehead atoms. The van der Waals surface area contributed by atoms with E-state index < -0.39 is 42.5 Å². The van der Waals surface area contributed by atoms with E-state index in [4.69, 9.17) is 28.4 Å². The molecule has 0 aromatic carbocycles. The molecule has 14 heteroatoms. The minimum Gasteiger partial charge on any atom is -0.377 e. The minimum absolute atomic E-state index is 0.0226. The van der Waals surface area contributed by atoms with Crippen molar-refractivity contribution in [3.05, 3.63) is 0 Å². The monoisotopic (exact) mass is 803 g/mol. The lowest BCUT2D eigenvalue weighted by atomic mass is 9.72. The van der Waals surface area contributed by atoms with E-state index in [0.717, 1.165) is 19.3 Å². The van der Waals surface area contributed by atoms with Crippen LogP contribution in [0.4, 0.5) is 0 Å². The van der Waals surface area contributed by atoms with Gasteiger partial charge in [0.25, 0.3) is 0 Å². The van der Waals surface area contributed by atoms with Gasteiger partial charge in [0.05, 0.1) is 151 Å². The molecule has 9 atom stereocenters. The maximum absolute atomic E-state index is 9.68. The average Bonchev–Trinajstić information content (AvgIpc) is 3.23. The summed E-state index contributed by atoms with van der Waals surface area (Å²) in [5.41, 5.74) is 0. The zero-order valence-corrected chi connectivity index (χ0v) is 35.2. The molecule has 0 aliphatic rings. The number of nitriles is 8. The van der Waals surface area contributed by atoms with Gasteiger partial charge in [-0.25, -0.2) is 0 Å². The Morgan fingerprint density at radius 2 is 0.776 bits per heavy atom. The SMILES string of the molecule is CCCCCC(OCCC#N)C(OCCC#N)C(OCCC#N)C(OCCC#N)C(C(C)CC)C(OCCC#N)C(CCCC#N)C(CCCCC#N)OCCC#N. The second-order valence-corrected chi connectivity index (χ2v) is 14.2. The van der Waals surface area contributed by atoms with E-state index in [1.807, 2.05) is 0 Å². The van der Waals surface area contributed by atoms with E-state index in [2.05, 4.69) is 69.3 Å². The number of nitrogens with zero attached hydrogens (tertiary/aromatic N) is 8. The number of hydrogen-bond donors (Lipinski definition) is 0. The number of rotatable bonds is 38. The van der Waals surface area contributed by atoms with Crippen molar-refractivity contribution in [2.24, 2.45) is 17.8 Å². The largest absolute Gasteiger partial charge is 0.377 e. The molecule has 0 heterocycles. The molecule has 0 radical (unpaired) electrons. The summed E-state index contributed by atoms with van der Waals surface area (Å²) < 4.78 is 39.8. The van der Waals surface area contributed by atoms with Crippen molar-refractivity contribution < 1.29 is 28.4 Å². The van der Waals surface area contributed by atoms with Gasteiger partial charge >= 0.3 is 0 Å². The highest BCUT2D eigenvalue weighted by molar-refractivity contribution is 4.98. The van der Waals surface area contributed by atoms with Crippen LogP contribution in [-0.2, 0) is 28.4 Å². The van der Waals surface area contributed by atoms with Crippen LogP contribution in [0, 0.1) is 108 Å². The van der Waals surface area contributed by atoms with E-state index >= 15 is 0 Å². The molecular formula is C44H66N8O6. The third-order valence-corrected chi connectivity index (χ3v) is 10.1. The Bertz CT molecular complexity index is 1390. The minimum atomic E-state index is -0.908. The molecule has 0 aromatic rings. The molecule has 0 saturated carbocycles. The molecule has 14 nitrogen and oxygen atoms in total. The van der Waals surface area contributed by atoms with Gasteiger partial charge in [0.2, 0.25) is 0 Å². The van der Waals surface area contributed by atoms with Gasteiger partial charge in [-0.3, -0.25) is 0 Å². The first-order chi connectivity index (χ1) is 28.4. The van der Waals surface area contributed by atoms with Gasteiger partial charge in [-0.1, -0.05) is 46.5 Å². The Kier molecular flexibility index (Phi) is 35.4. The van der Waals surface area contributed by atoms with Gasteiger partial charge in [-0.15, -0.1) is 0 Å². The first-order valence-electron chi connectivity index (χ1n) is 21.1. The van der Waals surface area contributed by atoms with Crippen LogP contribution in [0.2, 0.25) is 0 Å². The van der Waals surface area contributed by atoms with Crippen LogP contribution in [0.1, 0.15) is 136 Å². The van der Waals surface area contributed by atoms with Gasteiger partial charge < -0.3 is 28.4 Å². The predicted octanol–water partition coefficient (Wildman–Crippen LogP) is 8.42. The molecule has 0 N–H and O–H groups in total. The van der Waals surface area contributed by atoms with Gasteiger partial charge in [0.1, 0.15) is 12.2 Å². The summed E-state index contributed by atoms with van der Waals surface area (Å²) in [7, 11) is 0. The normalized spacial score (nSPS) is 15.4. The van der Waals surface area contributed by atoms with Crippen LogP contribution in [0.25, 0.3) is 0 Å². The van der Waals surface area contributed by atoms with Crippen LogP contribution < -0.4 is 0 Å². The summed E-state index contributed by atoms with van der Waals surface area (Å²) in [6, 6.07) is 17.4. The van der Waals surface area contributed by atoms with Crippen LogP contribution >= 0.6 is 0 Å². The van der Waals surface area contributed by atoms with Crippen LogP contribution in [0.5, 0.6) is 0 Å². The number of ether oxygens (including phenoxy) is 6. The lowest BCUT2D eigenvalue weighted by molar-refractivity contribution is -0.212. The molecule has 0 saturated heterocycles. The summed E-state index contributed by atoms with van der Waals surface area (Å²) >= 11 is 0. The molecule has 0 aliphatic heterocycles. The first-order valence-corrected chi connectivity index (χ1v) is 21.1. The maximum atomic E-state index is 9.68. The van der Waals surface area contributed by atoms with Gasteiger partial charge in [-0.05, 0) is 44.4 Å². The Hall–Kier alpha value is -4.32. The average molecular weight is 803 g/mol. The summed E-state index contributed by atoms with van der Waals surface area (Å²) in [5, 5.41) is 76.2. The molecule has 0 spiro atoms. The quantitative estimate of drug-likeness (QED) is 0.0532. The van der Waals surface area contributed by atoms with Crippen molar-refractivity contribution in [3.63, 3.8) is 0 Å². The van der Waals surface area contributed by atoms with Crippen molar-refractivity contribution in [3.8, 4) is 48.6 Å². The Balaban J connectivity index is 8.09. The van der Waals surface area contributed by atoms with E-state index in [9.17, 15) is 42.1 Å². The van der Waals surface area contributed by atoms with E-state index in [1.165, 1.54) is 0 Å². The highest BCUT2D eigenvalue weighted by atomic mass is 16.6. The zero-order chi connectivity index (χ0) is 43.1. The standard InChI is InChI=1S/C44H66N8O6/c1-4-6-8-21-39(54-31-14-25-48)42(56-33-16-27-50)44(58-35-18-29-52)43(57-34-17-28-51)40(36(3)5-2)41(55-32-15-26-49)37(19-10-12-23-46)38(53-30-13-24-47)20-9-7-11-22-45/h36-44H,4-21,30-35H2,1-3H3. The molecule has 0 amide bonds. The van der Waals surface area contributed by atoms with Crippen molar-refractivity contribution in [1.82, 2.24) is 0 Å². The molecular weight excluding hydrogens is 737 g/mol. The number of hydrogen-bond acceptors (Lipinski definition) is 14. The topological polar surface area (TPSA) is 246 Å². The second-order valence-electron chi connectivity index (χ2n) is 14.2. The van der Waals surface area contributed by atoms with Crippen molar-refractivity contribution in [1.29, 1.82) is 42.1 Å². The smallest absolute Gasteiger partial charge is 0.113 e. The molecule has 0 rings (SSSR count). The Morgan fingerprint density at radius 1 is 0.379 bits per heavy atom. The van der Waals surface area contributed by atoms with Crippen LogP contribution in [0.15, 0.2) is 0 Å². The number of unbranched alkanes of at least 4 members (excludes halogenated alkanes) is 5. The van der Waals surface area contributed by atoms with Gasteiger partial charge in [0.15, 0.2) is 0 Å². The lowest BCUT2D eigenvalue weighted by Gasteiger charge is -2.47. The summed E-state index contributed by atoms with van der Waals surface area (Å²) in [5.74, 6) is -0.991. The lowest BCUT2D eigenvalue weighted by Crippen LogP contribution is -2.57. The van der Waals surface area contributed by atoms with Gasteiger partial charge in [-0.2, -0.15) is 42.1 Å². The van der Waals surface area contributed by atoms with E-state index in [-0.39, 0.29) is 96.4 Å². The maximum Gasteiger partial charge on any atom is 0.113 e. The first kappa shape index (κ1) is 53.7. The fraction of sp³-hybridized carbons (Fsp3) is 0.818. The van der Waals surface area contributed by atoms with Crippen molar-refractivity contribution in [2.45, 2.75) is 173 Å². The summed E-state index contributed by atoms with van der Waals surface area (Å²) in [4.78, 5) is 0.